The minimum atomic E-state index is -0.342. The van der Waals surface area contributed by atoms with Crippen LogP contribution in [0.25, 0.3) is 0 Å². The zero-order valence-electron chi connectivity index (χ0n) is 8.00. The van der Waals surface area contributed by atoms with Gasteiger partial charge in [0.15, 0.2) is 0 Å². The van der Waals surface area contributed by atoms with Gasteiger partial charge in [0.2, 0.25) is 0 Å². The van der Waals surface area contributed by atoms with Crippen molar-refractivity contribution in [3.05, 3.63) is 35.6 Å². The number of benzene rings is 1. The molecular weight excluding hydrogens is 167 g/mol. The third kappa shape index (κ3) is 2.52. The van der Waals surface area contributed by atoms with Crippen molar-refractivity contribution in [3.8, 4) is 0 Å². The Morgan fingerprint density at radius 1 is 1.31 bits per heavy atom. The van der Waals surface area contributed by atoms with Crippen LogP contribution in [0.5, 0.6) is 0 Å². The summed E-state index contributed by atoms with van der Waals surface area (Å²) < 4.78 is 12.6. The van der Waals surface area contributed by atoms with Gasteiger partial charge in [-0.25, -0.2) is 4.39 Å². The number of hydrogen-bond donors (Lipinski definition) is 1. The van der Waals surface area contributed by atoms with Crippen molar-refractivity contribution in [2.75, 3.05) is 0 Å². The van der Waals surface area contributed by atoms with Gasteiger partial charge in [0, 0.05) is 5.92 Å². The maximum absolute atomic E-state index is 12.6. The summed E-state index contributed by atoms with van der Waals surface area (Å²) in [6.45, 7) is 3.88. The van der Waals surface area contributed by atoms with E-state index >= 15 is 0 Å². The standard InChI is InChI=1S/C11H15FO/c1-3-11(13)8(2)9-4-6-10(12)7-5-9/h4-8,11,13H,3H2,1-2H3. The summed E-state index contributed by atoms with van der Waals surface area (Å²) in [7, 11) is 0. The fourth-order valence-corrected chi connectivity index (χ4v) is 1.34. The van der Waals surface area contributed by atoms with Gasteiger partial charge in [0.25, 0.3) is 0 Å². The minimum absolute atomic E-state index is 0.0746. The van der Waals surface area contributed by atoms with Crippen LogP contribution in [0.3, 0.4) is 0 Å². The second kappa shape index (κ2) is 4.38. The third-order valence-corrected chi connectivity index (χ3v) is 2.39. The molecule has 1 N–H and O–H groups in total. The van der Waals surface area contributed by atoms with Crippen LogP contribution in [0, 0.1) is 5.82 Å². The van der Waals surface area contributed by atoms with E-state index in [1.807, 2.05) is 13.8 Å². The summed E-state index contributed by atoms with van der Waals surface area (Å²) in [6, 6.07) is 6.29. The van der Waals surface area contributed by atoms with Crippen LogP contribution >= 0.6 is 0 Å². The summed E-state index contributed by atoms with van der Waals surface area (Å²) in [4.78, 5) is 0. The molecule has 2 heteroatoms. The first-order chi connectivity index (χ1) is 6.15. The first-order valence-electron chi connectivity index (χ1n) is 4.58. The molecule has 13 heavy (non-hydrogen) atoms. The van der Waals surface area contributed by atoms with Gasteiger partial charge in [0.05, 0.1) is 6.10 Å². The average Bonchev–Trinajstić information content (AvgIpc) is 2.17. The van der Waals surface area contributed by atoms with Gasteiger partial charge in [-0.15, -0.1) is 0 Å². The largest absolute Gasteiger partial charge is 0.393 e. The van der Waals surface area contributed by atoms with Crippen molar-refractivity contribution in [3.63, 3.8) is 0 Å². The van der Waals surface area contributed by atoms with E-state index in [1.54, 1.807) is 12.1 Å². The quantitative estimate of drug-likeness (QED) is 0.762. The van der Waals surface area contributed by atoms with E-state index in [4.69, 9.17) is 0 Å². The molecule has 2 atom stereocenters. The second-order valence-corrected chi connectivity index (χ2v) is 3.32. The van der Waals surface area contributed by atoms with Crippen molar-refractivity contribution in [2.24, 2.45) is 0 Å². The predicted molar refractivity (Wildman–Crippen MR) is 51.1 cm³/mol. The summed E-state index contributed by atoms with van der Waals surface area (Å²) in [6.07, 6.45) is 0.379. The molecule has 1 nitrogen and oxygen atoms in total. The smallest absolute Gasteiger partial charge is 0.123 e. The topological polar surface area (TPSA) is 20.2 Å². The first kappa shape index (κ1) is 10.2. The molecule has 0 aliphatic heterocycles. The highest BCUT2D eigenvalue weighted by atomic mass is 19.1. The van der Waals surface area contributed by atoms with Crippen LogP contribution in [0.2, 0.25) is 0 Å². The van der Waals surface area contributed by atoms with Crippen LogP contribution in [0.15, 0.2) is 24.3 Å². The molecule has 0 spiro atoms. The van der Waals surface area contributed by atoms with E-state index in [2.05, 4.69) is 0 Å². The Morgan fingerprint density at radius 2 is 1.85 bits per heavy atom. The number of halogens is 1. The first-order valence-corrected chi connectivity index (χ1v) is 4.58. The molecule has 0 aliphatic rings. The second-order valence-electron chi connectivity index (χ2n) is 3.32. The molecule has 0 saturated carbocycles. The van der Waals surface area contributed by atoms with Crippen LogP contribution in [-0.2, 0) is 0 Å². The molecule has 0 fully saturated rings. The van der Waals surface area contributed by atoms with E-state index in [1.165, 1.54) is 12.1 Å². The highest BCUT2D eigenvalue weighted by Gasteiger charge is 2.13. The van der Waals surface area contributed by atoms with Crippen LogP contribution in [0.1, 0.15) is 31.7 Å². The zero-order chi connectivity index (χ0) is 9.84. The molecule has 2 unspecified atom stereocenters. The molecule has 0 radical (unpaired) electrons. The van der Waals surface area contributed by atoms with E-state index in [0.29, 0.717) is 0 Å². The van der Waals surface area contributed by atoms with Crippen LogP contribution in [-0.4, -0.2) is 11.2 Å². The molecule has 0 aliphatic carbocycles. The van der Waals surface area contributed by atoms with E-state index in [0.717, 1.165) is 12.0 Å². The molecule has 0 saturated heterocycles. The molecule has 1 aromatic rings. The fraction of sp³-hybridized carbons (Fsp3) is 0.455. The maximum atomic E-state index is 12.6. The predicted octanol–water partition coefficient (Wildman–Crippen LogP) is 2.70. The van der Waals surface area contributed by atoms with Gasteiger partial charge in [-0.1, -0.05) is 26.0 Å². The number of hydrogen-bond acceptors (Lipinski definition) is 1. The number of aliphatic hydroxyl groups excluding tert-OH is 1. The van der Waals surface area contributed by atoms with Gasteiger partial charge in [-0.05, 0) is 24.1 Å². The van der Waals surface area contributed by atoms with Gasteiger partial charge < -0.3 is 5.11 Å². The zero-order valence-corrected chi connectivity index (χ0v) is 8.00. The Morgan fingerprint density at radius 3 is 2.31 bits per heavy atom. The Kier molecular flexibility index (Phi) is 3.43. The van der Waals surface area contributed by atoms with E-state index < -0.39 is 0 Å². The molecule has 0 aromatic heterocycles. The van der Waals surface area contributed by atoms with Gasteiger partial charge >= 0.3 is 0 Å². The average molecular weight is 182 g/mol. The van der Waals surface area contributed by atoms with Crippen molar-refractivity contribution in [2.45, 2.75) is 32.3 Å². The maximum Gasteiger partial charge on any atom is 0.123 e. The third-order valence-electron chi connectivity index (χ3n) is 2.39. The molecule has 0 heterocycles. The molecule has 1 rings (SSSR count). The molecule has 1 aromatic carbocycles. The normalized spacial score (nSPS) is 15.4. The molecular formula is C11H15FO. The SMILES string of the molecule is CCC(O)C(C)c1ccc(F)cc1. The lowest BCUT2D eigenvalue weighted by Gasteiger charge is -2.17. The highest BCUT2D eigenvalue weighted by Crippen LogP contribution is 2.20. The Bertz CT molecular complexity index is 255. The van der Waals surface area contributed by atoms with E-state index in [9.17, 15) is 9.50 Å². The monoisotopic (exact) mass is 182 g/mol. The van der Waals surface area contributed by atoms with Gasteiger partial charge in [-0.3, -0.25) is 0 Å². The van der Waals surface area contributed by atoms with Crippen molar-refractivity contribution in [1.29, 1.82) is 0 Å². The number of aliphatic hydroxyl groups is 1. The van der Waals surface area contributed by atoms with Crippen LogP contribution in [0.4, 0.5) is 4.39 Å². The Labute approximate surface area is 78.2 Å². The summed E-state index contributed by atoms with van der Waals surface area (Å²) in [5.41, 5.74) is 0.982. The summed E-state index contributed by atoms with van der Waals surface area (Å²) >= 11 is 0. The minimum Gasteiger partial charge on any atom is -0.393 e. The lowest BCUT2D eigenvalue weighted by Crippen LogP contribution is -2.14. The van der Waals surface area contributed by atoms with Crippen molar-refractivity contribution >= 4 is 0 Å². The summed E-state index contributed by atoms with van der Waals surface area (Å²) in [5, 5.41) is 9.56. The van der Waals surface area contributed by atoms with Crippen LogP contribution < -0.4 is 0 Å². The Balaban J connectivity index is 2.77. The van der Waals surface area contributed by atoms with E-state index in [-0.39, 0.29) is 17.8 Å². The highest BCUT2D eigenvalue weighted by molar-refractivity contribution is 5.20. The number of rotatable bonds is 3. The molecule has 0 amide bonds. The van der Waals surface area contributed by atoms with Crippen molar-refractivity contribution < 1.29 is 9.50 Å². The lowest BCUT2D eigenvalue weighted by molar-refractivity contribution is 0.145. The Hall–Kier alpha value is -0.890. The van der Waals surface area contributed by atoms with Gasteiger partial charge in [0.1, 0.15) is 5.82 Å². The summed E-state index contributed by atoms with van der Waals surface area (Å²) in [5.74, 6) is -0.160. The van der Waals surface area contributed by atoms with Gasteiger partial charge in [-0.2, -0.15) is 0 Å². The molecule has 72 valence electrons. The van der Waals surface area contributed by atoms with Crippen molar-refractivity contribution in [1.82, 2.24) is 0 Å². The lowest BCUT2D eigenvalue weighted by atomic mass is 9.94. The molecule has 0 bridgehead atoms. The fourth-order valence-electron chi connectivity index (χ4n) is 1.34.